The zero-order valence-corrected chi connectivity index (χ0v) is 10.3. The van der Waals surface area contributed by atoms with E-state index in [2.05, 4.69) is 5.32 Å². The van der Waals surface area contributed by atoms with Gasteiger partial charge in [-0.2, -0.15) is 0 Å². The van der Waals surface area contributed by atoms with Gasteiger partial charge in [0.25, 0.3) is 0 Å². The van der Waals surface area contributed by atoms with Crippen molar-refractivity contribution in [3.63, 3.8) is 0 Å². The van der Waals surface area contributed by atoms with Crippen LogP contribution in [0, 0.1) is 6.92 Å². The Bertz CT molecular complexity index is 385. The fourth-order valence-corrected chi connectivity index (χ4v) is 1.46. The van der Waals surface area contributed by atoms with E-state index >= 15 is 0 Å². The molecule has 0 aliphatic rings. The average molecular weight is 261 g/mol. The normalized spacial score (nSPS) is 11.6. The zero-order valence-electron chi connectivity index (χ0n) is 9.51. The summed E-state index contributed by atoms with van der Waals surface area (Å²) in [6.45, 7) is 2.56. The summed E-state index contributed by atoms with van der Waals surface area (Å²) >= 11 is 0. The minimum Gasteiger partial charge on any atom is -0.508 e. The maximum atomic E-state index is 11.1. The molecule has 1 atom stereocenters. The van der Waals surface area contributed by atoms with Crippen LogP contribution in [-0.4, -0.2) is 29.3 Å². The van der Waals surface area contributed by atoms with Gasteiger partial charge in [0.2, 0.25) is 0 Å². The van der Waals surface area contributed by atoms with Gasteiger partial charge in [-0.05, 0) is 13.0 Å². The molecule has 0 bridgehead atoms. The van der Waals surface area contributed by atoms with Gasteiger partial charge >= 0.3 is 5.97 Å². The standard InChI is InChI=1S/C11H16N2O3.ClH/c1-7-2-3-9(14)8(6-7)10(11(15)16)13-5-4-12;/h2-3,6,10,13-14H,4-5,12H2,1H3,(H,15,16);1H. The van der Waals surface area contributed by atoms with Crippen molar-refractivity contribution in [3.05, 3.63) is 29.3 Å². The first-order valence-corrected chi connectivity index (χ1v) is 5.02. The van der Waals surface area contributed by atoms with Crippen LogP contribution < -0.4 is 11.1 Å². The second-order valence-corrected chi connectivity index (χ2v) is 3.58. The van der Waals surface area contributed by atoms with Gasteiger partial charge in [0.15, 0.2) is 0 Å². The van der Waals surface area contributed by atoms with E-state index in [1.54, 1.807) is 12.1 Å². The third kappa shape index (κ3) is 4.22. The molecule has 0 amide bonds. The van der Waals surface area contributed by atoms with Gasteiger partial charge < -0.3 is 15.9 Å². The van der Waals surface area contributed by atoms with Crippen LogP contribution in [0.4, 0.5) is 0 Å². The minimum atomic E-state index is -1.03. The largest absolute Gasteiger partial charge is 0.508 e. The van der Waals surface area contributed by atoms with Crippen molar-refractivity contribution >= 4 is 18.4 Å². The van der Waals surface area contributed by atoms with Crippen molar-refractivity contribution in [1.29, 1.82) is 0 Å². The van der Waals surface area contributed by atoms with E-state index in [4.69, 9.17) is 10.8 Å². The molecular formula is C11H17ClN2O3. The molecule has 5 nitrogen and oxygen atoms in total. The van der Waals surface area contributed by atoms with Crippen LogP contribution in [0.15, 0.2) is 18.2 Å². The monoisotopic (exact) mass is 260 g/mol. The maximum absolute atomic E-state index is 11.1. The topological polar surface area (TPSA) is 95.6 Å². The Labute approximate surface area is 106 Å². The third-order valence-corrected chi connectivity index (χ3v) is 2.23. The first kappa shape index (κ1) is 15.7. The van der Waals surface area contributed by atoms with Crippen LogP contribution in [-0.2, 0) is 4.79 Å². The predicted molar refractivity (Wildman–Crippen MR) is 67.5 cm³/mol. The Morgan fingerprint density at radius 2 is 2.18 bits per heavy atom. The van der Waals surface area contributed by atoms with Crippen LogP contribution in [0.2, 0.25) is 0 Å². The van der Waals surface area contributed by atoms with Crippen molar-refractivity contribution in [1.82, 2.24) is 5.32 Å². The highest BCUT2D eigenvalue weighted by Gasteiger charge is 2.21. The molecule has 6 heteroatoms. The lowest BCUT2D eigenvalue weighted by molar-refractivity contribution is -0.139. The maximum Gasteiger partial charge on any atom is 0.325 e. The Kier molecular flexibility index (Phi) is 6.57. The van der Waals surface area contributed by atoms with Crippen LogP contribution in [0.25, 0.3) is 0 Å². The molecule has 0 fully saturated rings. The molecule has 0 heterocycles. The lowest BCUT2D eigenvalue weighted by Crippen LogP contribution is -2.32. The van der Waals surface area contributed by atoms with Crippen LogP contribution >= 0.6 is 12.4 Å². The number of nitrogens with one attached hydrogen (secondary N) is 1. The number of rotatable bonds is 5. The SMILES string of the molecule is Cc1ccc(O)c(C(NCCN)C(=O)O)c1.Cl. The van der Waals surface area contributed by atoms with Crippen LogP contribution in [0.1, 0.15) is 17.2 Å². The lowest BCUT2D eigenvalue weighted by Gasteiger charge is -2.16. The molecule has 17 heavy (non-hydrogen) atoms. The fourth-order valence-electron chi connectivity index (χ4n) is 1.46. The molecule has 0 saturated heterocycles. The first-order valence-electron chi connectivity index (χ1n) is 5.02. The van der Waals surface area contributed by atoms with Gasteiger partial charge in [-0.25, -0.2) is 0 Å². The molecule has 1 rings (SSSR count). The molecule has 0 aliphatic heterocycles. The number of halogens is 1. The van der Waals surface area contributed by atoms with Crippen molar-refractivity contribution in [2.75, 3.05) is 13.1 Å². The highest BCUT2D eigenvalue weighted by atomic mass is 35.5. The van der Waals surface area contributed by atoms with Gasteiger partial charge in [-0.3, -0.25) is 10.1 Å². The quantitative estimate of drug-likeness (QED) is 0.628. The predicted octanol–water partition coefficient (Wildman–Crippen LogP) is 0.796. The number of aryl methyl sites for hydroxylation is 1. The molecule has 1 aromatic rings. The molecule has 0 saturated carbocycles. The Morgan fingerprint density at radius 1 is 1.53 bits per heavy atom. The highest BCUT2D eigenvalue weighted by Crippen LogP contribution is 2.25. The first-order chi connectivity index (χ1) is 7.56. The Hall–Kier alpha value is -1.30. The van der Waals surface area contributed by atoms with E-state index in [-0.39, 0.29) is 18.2 Å². The van der Waals surface area contributed by atoms with E-state index in [0.29, 0.717) is 18.7 Å². The second-order valence-electron chi connectivity index (χ2n) is 3.58. The molecule has 0 aromatic heterocycles. The summed E-state index contributed by atoms with van der Waals surface area (Å²) in [6.07, 6.45) is 0. The van der Waals surface area contributed by atoms with Crippen molar-refractivity contribution in [2.24, 2.45) is 5.73 Å². The van der Waals surface area contributed by atoms with Gasteiger partial charge in [0.05, 0.1) is 0 Å². The zero-order chi connectivity index (χ0) is 12.1. The molecule has 0 spiro atoms. The van der Waals surface area contributed by atoms with Crippen molar-refractivity contribution in [3.8, 4) is 5.75 Å². The summed E-state index contributed by atoms with van der Waals surface area (Å²) in [5.41, 5.74) is 6.56. The molecule has 1 unspecified atom stereocenters. The van der Waals surface area contributed by atoms with Gasteiger partial charge in [-0.15, -0.1) is 12.4 Å². The number of carboxylic acid groups (broad SMARTS) is 1. The summed E-state index contributed by atoms with van der Waals surface area (Å²) < 4.78 is 0. The van der Waals surface area contributed by atoms with E-state index in [0.717, 1.165) is 5.56 Å². The summed E-state index contributed by atoms with van der Waals surface area (Å²) in [5.74, 6) is -1.06. The van der Waals surface area contributed by atoms with E-state index in [9.17, 15) is 9.90 Å². The number of carbonyl (C=O) groups is 1. The van der Waals surface area contributed by atoms with E-state index in [1.807, 2.05) is 6.92 Å². The number of hydrogen-bond donors (Lipinski definition) is 4. The summed E-state index contributed by atoms with van der Waals surface area (Å²) in [6, 6.07) is 3.94. The van der Waals surface area contributed by atoms with E-state index in [1.165, 1.54) is 6.07 Å². The number of aromatic hydroxyl groups is 1. The highest BCUT2D eigenvalue weighted by molar-refractivity contribution is 5.85. The number of benzene rings is 1. The number of aliphatic carboxylic acids is 1. The smallest absolute Gasteiger partial charge is 0.325 e. The molecule has 5 N–H and O–H groups in total. The van der Waals surface area contributed by atoms with Gasteiger partial charge in [0, 0.05) is 18.7 Å². The summed E-state index contributed by atoms with van der Waals surface area (Å²) in [7, 11) is 0. The summed E-state index contributed by atoms with van der Waals surface area (Å²) in [5, 5.41) is 21.4. The number of carboxylic acids is 1. The summed E-state index contributed by atoms with van der Waals surface area (Å²) in [4.78, 5) is 11.1. The van der Waals surface area contributed by atoms with Gasteiger partial charge in [-0.1, -0.05) is 17.7 Å². The number of nitrogens with two attached hydrogens (primary N) is 1. The Balaban J connectivity index is 0.00000256. The number of phenols is 1. The molecular weight excluding hydrogens is 244 g/mol. The Morgan fingerprint density at radius 3 is 2.71 bits per heavy atom. The molecule has 96 valence electrons. The van der Waals surface area contributed by atoms with Crippen LogP contribution in [0.5, 0.6) is 5.75 Å². The fraction of sp³-hybridized carbons (Fsp3) is 0.364. The lowest BCUT2D eigenvalue weighted by atomic mass is 10.0. The minimum absolute atomic E-state index is 0. The molecule has 0 radical (unpaired) electrons. The van der Waals surface area contributed by atoms with Crippen LogP contribution in [0.3, 0.4) is 0 Å². The second kappa shape index (κ2) is 7.11. The molecule has 0 aliphatic carbocycles. The molecule has 1 aromatic carbocycles. The number of phenolic OH excluding ortho intramolecular Hbond substituents is 1. The van der Waals surface area contributed by atoms with Gasteiger partial charge in [0.1, 0.15) is 11.8 Å². The van der Waals surface area contributed by atoms with Crippen molar-refractivity contribution in [2.45, 2.75) is 13.0 Å². The average Bonchev–Trinajstić information content (AvgIpc) is 2.23. The third-order valence-electron chi connectivity index (χ3n) is 2.23. The van der Waals surface area contributed by atoms with E-state index < -0.39 is 12.0 Å². The number of hydrogen-bond acceptors (Lipinski definition) is 4. The van der Waals surface area contributed by atoms with Crippen molar-refractivity contribution < 1.29 is 15.0 Å².